The van der Waals surface area contributed by atoms with Crippen LogP contribution in [0, 0.1) is 18.3 Å². The predicted molar refractivity (Wildman–Crippen MR) is 140 cm³/mol. The molecule has 0 amide bonds. The third-order valence-corrected chi connectivity index (χ3v) is 7.44. The lowest BCUT2D eigenvalue weighted by molar-refractivity contribution is 0.194. The van der Waals surface area contributed by atoms with Crippen molar-refractivity contribution < 1.29 is 9.47 Å². The average Bonchev–Trinajstić information content (AvgIpc) is 3.11. The number of methoxy groups -OCH3 is 1. The highest BCUT2D eigenvalue weighted by molar-refractivity contribution is 5.93. The van der Waals surface area contributed by atoms with Gasteiger partial charge in [-0.15, -0.1) is 6.42 Å². The van der Waals surface area contributed by atoms with Gasteiger partial charge >= 0.3 is 0 Å². The summed E-state index contributed by atoms with van der Waals surface area (Å²) in [4.78, 5) is 11.6. The van der Waals surface area contributed by atoms with Gasteiger partial charge in [-0.05, 0) is 62.4 Å². The molecule has 0 radical (unpaired) electrons. The number of hydrogen-bond donors (Lipinski definition) is 1. The molecule has 2 unspecified atom stereocenters. The van der Waals surface area contributed by atoms with E-state index >= 15 is 0 Å². The van der Waals surface area contributed by atoms with Crippen LogP contribution in [0.3, 0.4) is 0 Å². The highest BCUT2D eigenvalue weighted by Gasteiger charge is 2.33. The van der Waals surface area contributed by atoms with E-state index in [4.69, 9.17) is 15.9 Å². The van der Waals surface area contributed by atoms with Gasteiger partial charge in [-0.2, -0.15) is 0 Å². The summed E-state index contributed by atoms with van der Waals surface area (Å²) in [6.45, 7) is 2.98. The van der Waals surface area contributed by atoms with Crippen LogP contribution in [0.5, 0.6) is 11.5 Å². The van der Waals surface area contributed by atoms with E-state index in [9.17, 15) is 0 Å². The van der Waals surface area contributed by atoms with Crippen molar-refractivity contribution in [3.8, 4) is 23.8 Å². The standard InChI is InChI=1S/C29H34N4O2/c1-3-21-9-7-11-23(17-21)32-29-24-18-28(27(34-2)19-25(24)30-20-31-29)35-16-8-14-33-15-13-22-10-5-4-6-12-26(22)33/h1,7,9,11,17-20,22,26H,4-6,8,10,12-16H2,2H3,(H,30,31,32). The molecule has 2 aliphatic rings. The summed E-state index contributed by atoms with van der Waals surface area (Å²) in [6.07, 6.45) is 16.4. The number of benzene rings is 2. The predicted octanol–water partition coefficient (Wildman–Crippen LogP) is 5.79. The molecule has 0 spiro atoms. The first-order chi connectivity index (χ1) is 17.2. The molecule has 1 aromatic heterocycles. The largest absolute Gasteiger partial charge is 0.493 e. The number of anilines is 2. The molecule has 1 saturated carbocycles. The molecular weight excluding hydrogens is 436 g/mol. The van der Waals surface area contributed by atoms with E-state index in [0.717, 1.165) is 47.1 Å². The minimum Gasteiger partial charge on any atom is -0.493 e. The van der Waals surface area contributed by atoms with Crippen LogP contribution < -0.4 is 14.8 Å². The Hall–Kier alpha value is -3.30. The smallest absolute Gasteiger partial charge is 0.162 e. The molecule has 35 heavy (non-hydrogen) atoms. The van der Waals surface area contributed by atoms with Crippen molar-refractivity contribution in [2.75, 3.05) is 32.1 Å². The number of rotatable bonds is 8. The van der Waals surface area contributed by atoms with Gasteiger partial charge in [0.05, 0.1) is 19.2 Å². The molecule has 1 saturated heterocycles. The van der Waals surface area contributed by atoms with Crippen LogP contribution in [0.2, 0.25) is 0 Å². The zero-order valence-electron chi connectivity index (χ0n) is 20.5. The second-order valence-corrected chi connectivity index (χ2v) is 9.58. The number of terminal acetylenes is 1. The molecule has 2 atom stereocenters. The Morgan fingerprint density at radius 3 is 2.89 bits per heavy atom. The molecule has 182 valence electrons. The lowest BCUT2D eigenvalue weighted by Gasteiger charge is -2.26. The van der Waals surface area contributed by atoms with Gasteiger partial charge < -0.3 is 14.8 Å². The highest BCUT2D eigenvalue weighted by atomic mass is 16.5. The number of nitrogens with zero attached hydrogens (tertiary/aromatic N) is 3. The monoisotopic (exact) mass is 470 g/mol. The lowest BCUT2D eigenvalue weighted by atomic mass is 9.95. The fraction of sp³-hybridized carbons (Fsp3) is 0.448. The molecule has 6 heteroatoms. The van der Waals surface area contributed by atoms with Crippen LogP contribution in [0.25, 0.3) is 10.9 Å². The fourth-order valence-corrected chi connectivity index (χ4v) is 5.67. The van der Waals surface area contributed by atoms with Gasteiger partial charge in [-0.25, -0.2) is 9.97 Å². The van der Waals surface area contributed by atoms with E-state index in [1.54, 1.807) is 13.4 Å². The second-order valence-electron chi connectivity index (χ2n) is 9.58. The summed E-state index contributed by atoms with van der Waals surface area (Å²) in [5.41, 5.74) is 2.48. The fourth-order valence-electron chi connectivity index (χ4n) is 5.67. The SMILES string of the molecule is C#Cc1cccc(Nc2ncnc3cc(OC)c(OCCCN4CCC5CCCCCC54)cc23)c1. The average molecular weight is 471 g/mol. The Morgan fingerprint density at radius 1 is 1.09 bits per heavy atom. The van der Waals surface area contributed by atoms with Crippen molar-refractivity contribution in [2.45, 2.75) is 51.0 Å². The van der Waals surface area contributed by atoms with E-state index in [1.807, 2.05) is 36.4 Å². The Balaban J connectivity index is 1.27. The Morgan fingerprint density at radius 2 is 2.00 bits per heavy atom. The van der Waals surface area contributed by atoms with Crippen molar-refractivity contribution in [3.63, 3.8) is 0 Å². The van der Waals surface area contributed by atoms with E-state index in [2.05, 4.69) is 26.1 Å². The normalized spacial score (nSPS) is 20.1. The molecular formula is C29H34N4O2. The minimum atomic E-state index is 0.649. The Kier molecular flexibility index (Phi) is 7.34. The molecule has 6 nitrogen and oxygen atoms in total. The van der Waals surface area contributed by atoms with E-state index in [1.165, 1.54) is 45.1 Å². The van der Waals surface area contributed by atoms with Crippen molar-refractivity contribution in [1.29, 1.82) is 0 Å². The molecule has 2 heterocycles. The maximum Gasteiger partial charge on any atom is 0.162 e. The molecule has 2 fully saturated rings. The van der Waals surface area contributed by atoms with Gasteiger partial charge in [0.2, 0.25) is 0 Å². The van der Waals surface area contributed by atoms with Gasteiger partial charge in [-0.1, -0.05) is 31.2 Å². The zero-order valence-corrected chi connectivity index (χ0v) is 20.5. The molecule has 3 aromatic rings. The third-order valence-electron chi connectivity index (χ3n) is 7.44. The summed E-state index contributed by atoms with van der Waals surface area (Å²) in [5, 5.41) is 4.24. The molecule has 5 rings (SSSR count). The number of fused-ring (bicyclic) bond motifs is 2. The quantitative estimate of drug-likeness (QED) is 0.332. The molecule has 0 bridgehead atoms. The van der Waals surface area contributed by atoms with Crippen LogP contribution in [-0.2, 0) is 0 Å². The molecule has 1 N–H and O–H groups in total. The van der Waals surface area contributed by atoms with E-state index in [0.29, 0.717) is 23.9 Å². The van der Waals surface area contributed by atoms with E-state index in [-0.39, 0.29) is 0 Å². The van der Waals surface area contributed by atoms with Gasteiger partial charge in [0.25, 0.3) is 0 Å². The number of ether oxygens (including phenoxy) is 2. The van der Waals surface area contributed by atoms with Crippen LogP contribution in [0.4, 0.5) is 11.5 Å². The van der Waals surface area contributed by atoms with Crippen LogP contribution >= 0.6 is 0 Å². The number of likely N-dealkylation sites (tertiary alicyclic amines) is 1. The molecule has 1 aliphatic carbocycles. The lowest BCUT2D eigenvalue weighted by Crippen LogP contribution is -2.33. The van der Waals surface area contributed by atoms with Gasteiger partial charge in [0.15, 0.2) is 11.5 Å². The number of nitrogens with one attached hydrogen (secondary N) is 1. The maximum absolute atomic E-state index is 6.24. The highest BCUT2D eigenvalue weighted by Crippen LogP contribution is 2.36. The molecule has 2 aromatic carbocycles. The zero-order chi connectivity index (χ0) is 24.0. The first-order valence-corrected chi connectivity index (χ1v) is 12.8. The maximum atomic E-state index is 6.24. The van der Waals surface area contributed by atoms with Crippen molar-refractivity contribution >= 4 is 22.4 Å². The summed E-state index contributed by atoms with van der Waals surface area (Å²) in [5.74, 6) is 5.67. The minimum absolute atomic E-state index is 0.649. The number of aromatic nitrogens is 2. The Bertz CT molecular complexity index is 1200. The van der Waals surface area contributed by atoms with Crippen LogP contribution in [0.15, 0.2) is 42.7 Å². The van der Waals surface area contributed by atoms with Crippen molar-refractivity contribution in [1.82, 2.24) is 14.9 Å². The molecule has 1 aliphatic heterocycles. The Labute approximate surface area is 208 Å². The van der Waals surface area contributed by atoms with Gasteiger partial charge in [-0.3, -0.25) is 4.90 Å². The van der Waals surface area contributed by atoms with Crippen LogP contribution in [-0.4, -0.2) is 47.7 Å². The van der Waals surface area contributed by atoms with Crippen molar-refractivity contribution in [2.24, 2.45) is 5.92 Å². The van der Waals surface area contributed by atoms with Gasteiger partial charge in [0.1, 0.15) is 12.1 Å². The first kappa shape index (κ1) is 23.4. The second kappa shape index (κ2) is 11.0. The summed E-state index contributed by atoms with van der Waals surface area (Å²) < 4.78 is 11.9. The first-order valence-electron chi connectivity index (χ1n) is 12.8. The summed E-state index contributed by atoms with van der Waals surface area (Å²) >= 11 is 0. The summed E-state index contributed by atoms with van der Waals surface area (Å²) in [7, 11) is 1.66. The van der Waals surface area contributed by atoms with E-state index < -0.39 is 0 Å². The topological polar surface area (TPSA) is 59.5 Å². The van der Waals surface area contributed by atoms with Crippen LogP contribution in [0.1, 0.15) is 50.5 Å². The van der Waals surface area contributed by atoms with Crippen molar-refractivity contribution in [3.05, 3.63) is 48.3 Å². The number of hydrogen-bond acceptors (Lipinski definition) is 6. The summed E-state index contributed by atoms with van der Waals surface area (Å²) in [6, 6.07) is 12.4. The van der Waals surface area contributed by atoms with Gasteiger partial charge in [0, 0.05) is 35.3 Å². The third kappa shape index (κ3) is 5.36.